The molecule has 0 radical (unpaired) electrons. The van der Waals surface area contributed by atoms with Gasteiger partial charge in [0.2, 0.25) is 0 Å². The van der Waals surface area contributed by atoms with Crippen molar-refractivity contribution in [2.75, 3.05) is 0 Å². The molecule has 23 heavy (non-hydrogen) atoms. The molecule has 1 unspecified atom stereocenters. The predicted octanol–water partition coefficient (Wildman–Crippen LogP) is 3.84. The third-order valence-corrected chi connectivity index (χ3v) is 4.40. The minimum absolute atomic E-state index is 0. The van der Waals surface area contributed by atoms with Crippen LogP contribution < -0.4 is 5.32 Å². The zero-order chi connectivity index (χ0) is 15.1. The Morgan fingerprint density at radius 1 is 1.17 bits per heavy atom. The van der Waals surface area contributed by atoms with Crippen molar-refractivity contribution in [2.45, 2.75) is 19.5 Å². The average molecular weight is 347 g/mol. The lowest BCUT2D eigenvalue weighted by molar-refractivity contribution is 0.596. The summed E-state index contributed by atoms with van der Waals surface area (Å²) in [5, 5.41) is 4.35. The van der Waals surface area contributed by atoms with Gasteiger partial charge in [0.1, 0.15) is 5.82 Å². The van der Waals surface area contributed by atoms with Crippen LogP contribution in [-0.2, 0) is 6.54 Å². The highest BCUT2D eigenvalue weighted by atomic mass is 35.5. The number of nitrogens with zero attached hydrogens (tertiary/aromatic N) is 3. The van der Waals surface area contributed by atoms with Gasteiger partial charge in [0, 0.05) is 47.0 Å². The Balaban J connectivity index is 0.00000156. The maximum Gasteiger partial charge on any atom is 0.125 e. The van der Waals surface area contributed by atoms with E-state index < -0.39 is 0 Å². The first-order valence-electron chi connectivity index (χ1n) is 7.21. The number of hydrogen-bond acceptors (Lipinski definition) is 3. The van der Waals surface area contributed by atoms with Crippen molar-refractivity contribution in [1.29, 1.82) is 0 Å². The second-order valence-electron chi connectivity index (χ2n) is 5.42. The SMILES string of the molecule is Cc1ncc(C2NCc3c(Cl)cccc3-n3cccc32)cn1.Cl. The Labute approximate surface area is 145 Å². The minimum atomic E-state index is 0. The van der Waals surface area contributed by atoms with Crippen molar-refractivity contribution in [3.05, 3.63) is 76.6 Å². The third kappa shape index (κ3) is 2.74. The zero-order valence-corrected chi connectivity index (χ0v) is 14.1. The Morgan fingerprint density at radius 3 is 2.74 bits per heavy atom. The maximum absolute atomic E-state index is 6.38. The summed E-state index contributed by atoms with van der Waals surface area (Å²) in [6, 6.07) is 10.2. The second kappa shape index (κ2) is 6.32. The summed E-state index contributed by atoms with van der Waals surface area (Å²) in [5.74, 6) is 0.777. The number of halogens is 2. The van der Waals surface area contributed by atoms with E-state index in [2.05, 4.69) is 44.2 Å². The molecule has 0 saturated carbocycles. The summed E-state index contributed by atoms with van der Waals surface area (Å²) in [5.41, 5.74) is 4.44. The molecule has 0 aliphatic carbocycles. The molecule has 1 aliphatic heterocycles. The van der Waals surface area contributed by atoms with Gasteiger partial charge in [-0.1, -0.05) is 17.7 Å². The first kappa shape index (κ1) is 16.0. The fourth-order valence-electron chi connectivity index (χ4n) is 2.95. The van der Waals surface area contributed by atoms with Crippen LogP contribution in [0.3, 0.4) is 0 Å². The van der Waals surface area contributed by atoms with Gasteiger partial charge in [0.15, 0.2) is 0 Å². The van der Waals surface area contributed by atoms with Gasteiger partial charge >= 0.3 is 0 Å². The van der Waals surface area contributed by atoms with Crippen molar-refractivity contribution in [3.63, 3.8) is 0 Å². The van der Waals surface area contributed by atoms with Crippen LogP contribution in [0.4, 0.5) is 0 Å². The Morgan fingerprint density at radius 2 is 1.96 bits per heavy atom. The van der Waals surface area contributed by atoms with Crippen LogP contribution in [0.2, 0.25) is 5.02 Å². The lowest BCUT2D eigenvalue weighted by Gasteiger charge is -2.17. The summed E-state index contributed by atoms with van der Waals surface area (Å²) in [4.78, 5) is 8.64. The van der Waals surface area contributed by atoms with E-state index in [4.69, 9.17) is 11.6 Å². The first-order valence-corrected chi connectivity index (χ1v) is 7.59. The third-order valence-electron chi connectivity index (χ3n) is 4.05. The molecular formula is C17H16Cl2N4. The van der Waals surface area contributed by atoms with Crippen LogP contribution in [0.25, 0.3) is 5.69 Å². The van der Waals surface area contributed by atoms with Crippen molar-refractivity contribution in [2.24, 2.45) is 0 Å². The molecule has 0 bridgehead atoms. The summed E-state index contributed by atoms with van der Waals surface area (Å²) in [6.45, 7) is 2.60. The monoisotopic (exact) mass is 346 g/mol. The average Bonchev–Trinajstić information content (AvgIpc) is 2.94. The molecule has 1 N–H and O–H groups in total. The van der Waals surface area contributed by atoms with Crippen LogP contribution in [0, 0.1) is 6.92 Å². The van der Waals surface area contributed by atoms with Gasteiger partial charge in [-0.2, -0.15) is 0 Å². The van der Waals surface area contributed by atoms with Gasteiger partial charge in [-0.25, -0.2) is 9.97 Å². The molecule has 0 spiro atoms. The van der Waals surface area contributed by atoms with Crippen LogP contribution in [0.15, 0.2) is 48.9 Å². The predicted molar refractivity (Wildman–Crippen MR) is 93.5 cm³/mol. The van der Waals surface area contributed by atoms with E-state index in [9.17, 15) is 0 Å². The van der Waals surface area contributed by atoms with Crippen LogP contribution in [-0.4, -0.2) is 14.5 Å². The molecule has 1 aliphatic rings. The molecule has 3 aromatic rings. The molecule has 1 aromatic carbocycles. The normalized spacial score (nSPS) is 16.0. The van der Waals surface area contributed by atoms with E-state index in [0.717, 1.165) is 33.4 Å². The molecule has 4 nitrogen and oxygen atoms in total. The summed E-state index contributed by atoms with van der Waals surface area (Å²) < 4.78 is 2.19. The molecule has 118 valence electrons. The quantitative estimate of drug-likeness (QED) is 0.727. The van der Waals surface area contributed by atoms with Crippen LogP contribution >= 0.6 is 24.0 Å². The van der Waals surface area contributed by atoms with E-state index in [-0.39, 0.29) is 18.4 Å². The Hall–Kier alpha value is -1.88. The Bertz CT molecular complexity index is 827. The number of nitrogens with one attached hydrogen (secondary N) is 1. The summed E-state index contributed by atoms with van der Waals surface area (Å²) >= 11 is 6.38. The molecule has 0 fully saturated rings. The van der Waals surface area contributed by atoms with E-state index in [1.807, 2.05) is 31.5 Å². The molecule has 6 heteroatoms. The number of fused-ring (bicyclic) bond motifs is 3. The fourth-order valence-corrected chi connectivity index (χ4v) is 3.18. The summed E-state index contributed by atoms with van der Waals surface area (Å²) in [6.07, 6.45) is 5.84. The zero-order valence-electron chi connectivity index (χ0n) is 12.5. The van der Waals surface area contributed by atoms with E-state index in [0.29, 0.717) is 6.54 Å². The van der Waals surface area contributed by atoms with Gasteiger partial charge in [0.25, 0.3) is 0 Å². The topological polar surface area (TPSA) is 42.7 Å². The lowest BCUT2D eigenvalue weighted by Crippen LogP contribution is -2.21. The van der Waals surface area contributed by atoms with E-state index >= 15 is 0 Å². The molecule has 0 saturated heterocycles. The molecule has 1 atom stereocenters. The number of aromatic nitrogens is 3. The maximum atomic E-state index is 6.38. The number of aryl methyl sites for hydroxylation is 1. The molecule has 4 rings (SSSR count). The molecule has 3 heterocycles. The van der Waals surface area contributed by atoms with E-state index in [1.54, 1.807) is 0 Å². The lowest BCUT2D eigenvalue weighted by atomic mass is 10.1. The van der Waals surface area contributed by atoms with Gasteiger partial charge in [-0.15, -0.1) is 12.4 Å². The molecule has 2 aromatic heterocycles. The van der Waals surface area contributed by atoms with Crippen molar-refractivity contribution < 1.29 is 0 Å². The standard InChI is InChI=1S/C17H15ClN4.ClH/c1-11-19-8-12(9-20-11)17-16-6-3-7-22(16)15-5-2-4-14(18)13(15)10-21-17;/h2-9,17,21H,10H2,1H3;1H. The highest BCUT2D eigenvalue weighted by Crippen LogP contribution is 2.32. The van der Waals surface area contributed by atoms with Crippen molar-refractivity contribution in [3.8, 4) is 5.69 Å². The highest BCUT2D eigenvalue weighted by Gasteiger charge is 2.24. The number of rotatable bonds is 1. The van der Waals surface area contributed by atoms with Gasteiger partial charge in [0.05, 0.1) is 11.7 Å². The number of benzene rings is 1. The second-order valence-corrected chi connectivity index (χ2v) is 5.83. The first-order chi connectivity index (χ1) is 10.7. The van der Waals surface area contributed by atoms with Crippen LogP contribution in [0.5, 0.6) is 0 Å². The Kier molecular flexibility index (Phi) is 4.39. The number of hydrogen-bond donors (Lipinski definition) is 1. The highest BCUT2D eigenvalue weighted by molar-refractivity contribution is 6.31. The van der Waals surface area contributed by atoms with Crippen LogP contribution in [0.1, 0.15) is 28.7 Å². The molecule has 0 amide bonds. The van der Waals surface area contributed by atoms with Gasteiger partial charge in [-0.3, -0.25) is 0 Å². The van der Waals surface area contributed by atoms with Crippen molar-refractivity contribution >= 4 is 24.0 Å². The van der Waals surface area contributed by atoms with E-state index in [1.165, 1.54) is 0 Å². The summed E-state index contributed by atoms with van der Waals surface area (Å²) in [7, 11) is 0. The fraction of sp³-hybridized carbons (Fsp3) is 0.176. The largest absolute Gasteiger partial charge is 0.319 e. The smallest absolute Gasteiger partial charge is 0.125 e. The van der Waals surface area contributed by atoms with Gasteiger partial charge in [-0.05, 0) is 31.2 Å². The van der Waals surface area contributed by atoms with Gasteiger partial charge < -0.3 is 9.88 Å². The molecular weight excluding hydrogens is 331 g/mol. The van der Waals surface area contributed by atoms with Crippen molar-refractivity contribution in [1.82, 2.24) is 19.9 Å². The minimum Gasteiger partial charge on any atom is -0.319 e.